The summed E-state index contributed by atoms with van der Waals surface area (Å²) >= 11 is 0. The van der Waals surface area contributed by atoms with E-state index in [4.69, 9.17) is 10.5 Å². The van der Waals surface area contributed by atoms with Gasteiger partial charge in [-0.05, 0) is 32.4 Å². The highest BCUT2D eigenvalue weighted by Crippen LogP contribution is 2.16. The van der Waals surface area contributed by atoms with E-state index in [1.807, 2.05) is 26.8 Å². The summed E-state index contributed by atoms with van der Waals surface area (Å²) in [6.45, 7) is 5.87. The zero-order chi connectivity index (χ0) is 9.14. The third kappa shape index (κ3) is 2.12. The second-order valence-corrected chi connectivity index (χ2v) is 3.04. The van der Waals surface area contributed by atoms with Crippen molar-refractivity contribution in [3.63, 3.8) is 0 Å². The third-order valence-electron chi connectivity index (χ3n) is 1.47. The summed E-state index contributed by atoms with van der Waals surface area (Å²) in [5, 5.41) is 0. The lowest BCUT2D eigenvalue weighted by Crippen LogP contribution is -2.06. The Morgan fingerprint density at radius 1 is 1.50 bits per heavy atom. The van der Waals surface area contributed by atoms with Crippen LogP contribution in [0.25, 0.3) is 0 Å². The van der Waals surface area contributed by atoms with Crippen molar-refractivity contribution in [2.24, 2.45) is 0 Å². The minimum Gasteiger partial charge on any atom is -0.489 e. The standard InChI is InChI=1S/C9H14N2O/c1-6(2)12-8-4-7(3)9(10)11-5-8/h4-6H,1-3H3,(H2,10,11). The molecule has 1 aromatic heterocycles. The monoisotopic (exact) mass is 166 g/mol. The van der Waals surface area contributed by atoms with Gasteiger partial charge in [-0.15, -0.1) is 0 Å². The summed E-state index contributed by atoms with van der Waals surface area (Å²) in [6, 6.07) is 1.89. The molecule has 12 heavy (non-hydrogen) atoms. The van der Waals surface area contributed by atoms with E-state index < -0.39 is 0 Å². The van der Waals surface area contributed by atoms with Crippen LogP contribution in [0.4, 0.5) is 5.82 Å². The molecule has 0 aliphatic carbocycles. The van der Waals surface area contributed by atoms with Gasteiger partial charge in [0.15, 0.2) is 0 Å². The molecule has 3 nitrogen and oxygen atoms in total. The van der Waals surface area contributed by atoms with Crippen molar-refractivity contribution in [1.29, 1.82) is 0 Å². The summed E-state index contributed by atoms with van der Waals surface area (Å²) in [6.07, 6.45) is 1.82. The highest BCUT2D eigenvalue weighted by atomic mass is 16.5. The maximum absolute atomic E-state index is 5.55. The molecule has 0 fully saturated rings. The quantitative estimate of drug-likeness (QED) is 0.728. The Labute approximate surface area is 72.6 Å². The lowest BCUT2D eigenvalue weighted by Gasteiger charge is -2.09. The topological polar surface area (TPSA) is 48.1 Å². The fourth-order valence-electron chi connectivity index (χ4n) is 0.896. The first-order chi connectivity index (χ1) is 5.59. The Balaban J connectivity index is 2.82. The SMILES string of the molecule is Cc1cc(OC(C)C)cnc1N. The Hall–Kier alpha value is -1.25. The van der Waals surface area contributed by atoms with E-state index in [-0.39, 0.29) is 6.10 Å². The number of hydrogen-bond acceptors (Lipinski definition) is 3. The van der Waals surface area contributed by atoms with Gasteiger partial charge in [0.1, 0.15) is 11.6 Å². The van der Waals surface area contributed by atoms with Gasteiger partial charge in [-0.1, -0.05) is 0 Å². The molecule has 0 saturated carbocycles. The van der Waals surface area contributed by atoms with Crippen molar-refractivity contribution in [1.82, 2.24) is 4.98 Å². The van der Waals surface area contributed by atoms with Crippen LogP contribution in [0.15, 0.2) is 12.3 Å². The van der Waals surface area contributed by atoms with Crippen LogP contribution in [0.2, 0.25) is 0 Å². The molecule has 0 aliphatic heterocycles. The normalized spacial score (nSPS) is 10.3. The smallest absolute Gasteiger partial charge is 0.138 e. The van der Waals surface area contributed by atoms with Gasteiger partial charge in [0.25, 0.3) is 0 Å². The Morgan fingerprint density at radius 3 is 2.67 bits per heavy atom. The Bertz CT molecular complexity index is 271. The lowest BCUT2D eigenvalue weighted by atomic mass is 10.3. The molecule has 0 radical (unpaired) electrons. The first-order valence-electron chi connectivity index (χ1n) is 3.98. The molecule has 0 amide bonds. The van der Waals surface area contributed by atoms with Crippen LogP contribution in [0, 0.1) is 6.92 Å². The Kier molecular flexibility index (Phi) is 2.53. The molecular formula is C9H14N2O. The zero-order valence-corrected chi connectivity index (χ0v) is 7.66. The lowest BCUT2D eigenvalue weighted by molar-refractivity contribution is 0.241. The van der Waals surface area contributed by atoms with Crippen molar-refractivity contribution in [3.8, 4) is 5.75 Å². The van der Waals surface area contributed by atoms with Crippen LogP contribution in [-0.4, -0.2) is 11.1 Å². The van der Waals surface area contributed by atoms with Crippen molar-refractivity contribution in [3.05, 3.63) is 17.8 Å². The number of rotatable bonds is 2. The first kappa shape index (κ1) is 8.84. The van der Waals surface area contributed by atoms with Crippen LogP contribution >= 0.6 is 0 Å². The van der Waals surface area contributed by atoms with E-state index in [1.54, 1.807) is 6.20 Å². The first-order valence-corrected chi connectivity index (χ1v) is 3.98. The van der Waals surface area contributed by atoms with Gasteiger partial charge in [-0.25, -0.2) is 4.98 Å². The maximum Gasteiger partial charge on any atom is 0.138 e. The fourth-order valence-corrected chi connectivity index (χ4v) is 0.896. The number of nitrogens with zero attached hydrogens (tertiary/aromatic N) is 1. The Morgan fingerprint density at radius 2 is 2.17 bits per heavy atom. The van der Waals surface area contributed by atoms with Crippen LogP contribution < -0.4 is 10.5 Å². The van der Waals surface area contributed by atoms with Gasteiger partial charge in [0, 0.05) is 0 Å². The van der Waals surface area contributed by atoms with E-state index in [0.717, 1.165) is 11.3 Å². The zero-order valence-electron chi connectivity index (χ0n) is 7.66. The molecule has 0 unspecified atom stereocenters. The van der Waals surface area contributed by atoms with Crippen LogP contribution in [0.1, 0.15) is 19.4 Å². The number of nitrogens with two attached hydrogens (primary N) is 1. The molecule has 0 aliphatic rings. The minimum absolute atomic E-state index is 0.176. The van der Waals surface area contributed by atoms with E-state index in [2.05, 4.69) is 4.98 Å². The number of aryl methyl sites for hydroxylation is 1. The van der Waals surface area contributed by atoms with Gasteiger partial charge in [0.2, 0.25) is 0 Å². The molecule has 0 saturated heterocycles. The van der Waals surface area contributed by atoms with Crippen LogP contribution in [0.3, 0.4) is 0 Å². The molecule has 66 valence electrons. The number of hydrogen-bond donors (Lipinski definition) is 1. The van der Waals surface area contributed by atoms with E-state index in [9.17, 15) is 0 Å². The van der Waals surface area contributed by atoms with Gasteiger partial charge < -0.3 is 10.5 Å². The number of anilines is 1. The van der Waals surface area contributed by atoms with E-state index in [1.165, 1.54) is 0 Å². The number of nitrogen functional groups attached to an aromatic ring is 1. The summed E-state index contributed by atoms with van der Waals surface area (Å²) in [4.78, 5) is 3.98. The molecule has 0 bridgehead atoms. The van der Waals surface area contributed by atoms with Crippen molar-refractivity contribution >= 4 is 5.82 Å². The molecule has 0 spiro atoms. The molecule has 3 heteroatoms. The molecule has 1 rings (SSSR count). The largest absolute Gasteiger partial charge is 0.489 e. The second kappa shape index (κ2) is 3.43. The summed E-state index contributed by atoms with van der Waals surface area (Å²) in [7, 11) is 0. The van der Waals surface area contributed by atoms with Gasteiger partial charge >= 0.3 is 0 Å². The van der Waals surface area contributed by atoms with E-state index >= 15 is 0 Å². The minimum atomic E-state index is 0.176. The highest BCUT2D eigenvalue weighted by molar-refractivity contribution is 5.41. The molecular weight excluding hydrogens is 152 g/mol. The summed E-state index contributed by atoms with van der Waals surface area (Å²) < 4.78 is 5.43. The average molecular weight is 166 g/mol. The second-order valence-electron chi connectivity index (χ2n) is 3.04. The summed E-state index contributed by atoms with van der Waals surface area (Å²) in [5.41, 5.74) is 6.50. The van der Waals surface area contributed by atoms with Crippen molar-refractivity contribution in [2.45, 2.75) is 26.9 Å². The average Bonchev–Trinajstić information content (AvgIpc) is 1.96. The summed E-state index contributed by atoms with van der Waals surface area (Å²) in [5.74, 6) is 1.34. The molecule has 0 aromatic carbocycles. The maximum atomic E-state index is 5.55. The highest BCUT2D eigenvalue weighted by Gasteiger charge is 2.00. The molecule has 0 atom stereocenters. The van der Waals surface area contributed by atoms with Crippen molar-refractivity contribution in [2.75, 3.05) is 5.73 Å². The predicted molar refractivity (Wildman–Crippen MR) is 49.2 cm³/mol. The van der Waals surface area contributed by atoms with Crippen LogP contribution in [0.5, 0.6) is 5.75 Å². The van der Waals surface area contributed by atoms with Gasteiger partial charge in [0.05, 0.1) is 12.3 Å². The molecule has 2 N–H and O–H groups in total. The predicted octanol–water partition coefficient (Wildman–Crippen LogP) is 1.76. The molecule has 1 heterocycles. The molecule has 1 aromatic rings. The van der Waals surface area contributed by atoms with Crippen molar-refractivity contribution < 1.29 is 4.74 Å². The number of aromatic nitrogens is 1. The van der Waals surface area contributed by atoms with Crippen LogP contribution in [-0.2, 0) is 0 Å². The van der Waals surface area contributed by atoms with E-state index in [0.29, 0.717) is 5.82 Å². The van der Waals surface area contributed by atoms with Gasteiger partial charge in [-0.2, -0.15) is 0 Å². The number of pyridine rings is 1. The number of ether oxygens (including phenoxy) is 1. The fraction of sp³-hybridized carbons (Fsp3) is 0.444. The van der Waals surface area contributed by atoms with Gasteiger partial charge in [-0.3, -0.25) is 0 Å². The third-order valence-corrected chi connectivity index (χ3v) is 1.47.